The number of nitrogens with one attached hydrogen (secondary N) is 1. The van der Waals surface area contributed by atoms with E-state index >= 15 is 0 Å². The van der Waals surface area contributed by atoms with Crippen molar-refractivity contribution >= 4 is 27.3 Å². The van der Waals surface area contributed by atoms with E-state index in [1.807, 2.05) is 24.3 Å². The summed E-state index contributed by atoms with van der Waals surface area (Å²) >= 11 is 0. The molecule has 1 N–H and O–H groups in total. The van der Waals surface area contributed by atoms with Crippen molar-refractivity contribution in [3.8, 4) is 0 Å². The molecule has 0 aromatic heterocycles. The first-order valence-corrected chi connectivity index (χ1v) is 11.4. The van der Waals surface area contributed by atoms with Gasteiger partial charge in [-0.15, -0.1) is 0 Å². The molecule has 29 heavy (non-hydrogen) atoms. The van der Waals surface area contributed by atoms with Crippen LogP contribution in [0.5, 0.6) is 0 Å². The lowest BCUT2D eigenvalue weighted by Gasteiger charge is -2.19. The Bertz CT molecular complexity index is 1050. The van der Waals surface area contributed by atoms with Gasteiger partial charge in [-0.25, -0.2) is 8.42 Å². The molecule has 2 aromatic carbocycles. The number of nitrogens with zero attached hydrogens (tertiary/aromatic N) is 1. The predicted molar refractivity (Wildman–Crippen MR) is 113 cm³/mol. The number of sulfone groups is 1. The summed E-state index contributed by atoms with van der Waals surface area (Å²) in [6.45, 7) is 4.63. The van der Waals surface area contributed by atoms with Gasteiger partial charge in [0.2, 0.25) is 11.8 Å². The Balaban J connectivity index is 1.94. The molecule has 154 valence electrons. The van der Waals surface area contributed by atoms with Crippen LogP contribution < -0.4 is 5.32 Å². The van der Waals surface area contributed by atoms with Crippen LogP contribution in [0, 0.1) is 5.92 Å². The van der Waals surface area contributed by atoms with Crippen LogP contribution >= 0.6 is 0 Å². The first kappa shape index (κ1) is 21.0. The second-order valence-electron chi connectivity index (χ2n) is 7.89. The molecule has 1 saturated heterocycles. The molecule has 1 aliphatic rings. The summed E-state index contributed by atoms with van der Waals surface area (Å²) in [6, 6.07) is 14.2. The number of amides is 2. The summed E-state index contributed by atoms with van der Waals surface area (Å²) in [5.41, 5.74) is 2.27. The first-order valence-electron chi connectivity index (χ1n) is 9.54. The molecule has 0 radical (unpaired) electrons. The van der Waals surface area contributed by atoms with Gasteiger partial charge in [-0.1, -0.05) is 50.2 Å². The maximum Gasteiger partial charge on any atom is 0.237 e. The van der Waals surface area contributed by atoms with Crippen molar-refractivity contribution in [2.75, 3.05) is 25.2 Å². The lowest BCUT2D eigenvalue weighted by Crippen LogP contribution is -2.33. The van der Waals surface area contributed by atoms with E-state index in [0.717, 1.165) is 17.4 Å². The zero-order valence-corrected chi connectivity index (χ0v) is 17.9. The van der Waals surface area contributed by atoms with E-state index < -0.39 is 21.7 Å². The highest BCUT2D eigenvalue weighted by atomic mass is 32.2. The second kappa shape index (κ2) is 7.99. The van der Waals surface area contributed by atoms with E-state index in [4.69, 9.17) is 0 Å². The Hall–Kier alpha value is -2.67. The third kappa shape index (κ3) is 4.34. The third-order valence-corrected chi connectivity index (χ3v) is 6.50. The van der Waals surface area contributed by atoms with Crippen LogP contribution in [0.1, 0.15) is 36.8 Å². The van der Waals surface area contributed by atoms with Crippen LogP contribution in [-0.4, -0.2) is 45.0 Å². The van der Waals surface area contributed by atoms with E-state index in [9.17, 15) is 18.0 Å². The highest BCUT2D eigenvalue weighted by Gasteiger charge is 2.44. The largest absolute Gasteiger partial charge is 0.344 e. The fourth-order valence-electron chi connectivity index (χ4n) is 3.75. The predicted octanol–water partition coefficient (Wildman–Crippen LogP) is 3.02. The van der Waals surface area contributed by atoms with E-state index in [0.29, 0.717) is 12.5 Å². The molecule has 1 heterocycles. The Morgan fingerprint density at radius 2 is 1.83 bits per heavy atom. The smallest absolute Gasteiger partial charge is 0.237 e. The van der Waals surface area contributed by atoms with Gasteiger partial charge in [0, 0.05) is 25.8 Å². The quantitative estimate of drug-likeness (QED) is 0.763. The van der Waals surface area contributed by atoms with Gasteiger partial charge in [0.1, 0.15) is 5.92 Å². The summed E-state index contributed by atoms with van der Waals surface area (Å²) in [7, 11) is -1.84. The number of hydrogen-bond acceptors (Lipinski definition) is 4. The van der Waals surface area contributed by atoms with Crippen molar-refractivity contribution in [3.05, 3.63) is 59.7 Å². The van der Waals surface area contributed by atoms with Gasteiger partial charge in [-0.2, -0.15) is 0 Å². The average molecular weight is 415 g/mol. The van der Waals surface area contributed by atoms with Gasteiger partial charge in [0.05, 0.1) is 10.6 Å². The normalized spacial score (nSPS) is 19.6. The zero-order valence-electron chi connectivity index (χ0n) is 17.0. The average Bonchev–Trinajstić information content (AvgIpc) is 2.96. The molecule has 7 heteroatoms. The van der Waals surface area contributed by atoms with Crippen molar-refractivity contribution in [1.82, 2.24) is 4.90 Å². The Labute approximate surface area is 171 Å². The fourth-order valence-corrected chi connectivity index (χ4v) is 4.59. The van der Waals surface area contributed by atoms with Crippen LogP contribution in [0.3, 0.4) is 0 Å². The van der Waals surface area contributed by atoms with E-state index in [-0.39, 0.29) is 22.4 Å². The van der Waals surface area contributed by atoms with Crippen molar-refractivity contribution < 1.29 is 18.0 Å². The fraction of sp³-hybridized carbons (Fsp3) is 0.364. The van der Waals surface area contributed by atoms with Gasteiger partial charge in [0.15, 0.2) is 9.84 Å². The van der Waals surface area contributed by atoms with Crippen LogP contribution in [0.25, 0.3) is 0 Å². The number of anilines is 1. The molecular formula is C22H26N2O4S. The summed E-state index contributed by atoms with van der Waals surface area (Å²) in [5, 5.41) is 2.68. The van der Waals surface area contributed by atoms with Crippen molar-refractivity contribution in [3.63, 3.8) is 0 Å². The minimum absolute atomic E-state index is 0.0329. The molecule has 2 amide bonds. The number of benzene rings is 2. The topological polar surface area (TPSA) is 83.6 Å². The van der Waals surface area contributed by atoms with Gasteiger partial charge >= 0.3 is 0 Å². The van der Waals surface area contributed by atoms with Gasteiger partial charge in [0.25, 0.3) is 0 Å². The summed E-state index contributed by atoms with van der Waals surface area (Å²) in [6.07, 6.45) is 1.09. The highest BCUT2D eigenvalue weighted by Crippen LogP contribution is 2.35. The Morgan fingerprint density at radius 3 is 2.48 bits per heavy atom. The first-order chi connectivity index (χ1) is 13.6. The third-order valence-electron chi connectivity index (χ3n) is 5.35. The van der Waals surface area contributed by atoms with Crippen molar-refractivity contribution in [2.24, 2.45) is 5.92 Å². The molecule has 0 spiro atoms. The number of carbonyl (C=O) groups is 2. The molecule has 0 bridgehead atoms. The summed E-state index contributed by atoms with van der Waals surface area (Å²) in [5.74, 6) is -1.62. The maximum atomic E-state index is 13.1. The minimum Gasteiger partial charge on any atom is -0.344 e. The van der Waals surface area contributed by atoms with Crippen molar-refractivity contribution in [1.29, 1.82) is 0 Å². The molecule has 2 aromatic rings. The summed E-state index contributed by atoms with van der Waals surface area (Å²) in [4.78, 5) is 27.5. The Kier molecular flexibility index (Phi) is 5.80. The maximum absolute atomic E-state index is 13.1. The standard InChI is InChI=1S/C22H26N2O4S/c1-14(2)15-8-7-9-16(12-15)17-13-24(3)22(26)20(17)21(25)23-18-10-5-6-11-19(18)29(4,27)28/h5-12,14,17,20H,13H2,1-4H3,(H,23,25)/t17-,20+/m1/s1. The SMILES string of the molecule is CC(C)c1cccc([C@H]2CN(C)C(=O)[C@@H]2C(=O)Nc2ccccc2S(C)(=O)=O)c1. The van der Waals surface area contributed by atoms with Crippen LogP contribution in [0.2, 0.25) is 0 Å². The zero-order chi connectivity index (χ0) is 21.3. The molecule has 1 fully saturated rings. The number of likely N-dealkylation sites (tertiary alicyclic amines) is 1. The lowest BCUT2D eigenvalue weighted by atomic mass is 9.86. The van der Waals surface area contributed by atoms with E-state index in [1.165, 1.54) is 12.1 Å². The molecule has 1 aliphatic heterocycles. The number of carbonyl (C=O) groups excluding carboxylic acids is 2. The van der Waals surface area contributed by atoms with E-state index in [1.54, 1.807) is 24.1 Å². The molecule has 2 atom stereocenters. The van der Waals surface area contributed by atoms with E-state index in [2.05, 4.69) is 19.2 Å². The molecule has 6 nitrogen and oxygen atoms in total. The van der Waals surface area contributed by atoms with Crippen LogP contribution in [0.15, 0.2) is 53.4 Å². The van der Waals surface area contributed by atoms with Gasteiger partial charge in [-0.05, 0) is 29.2 Å². The molecule has 0 aliphatic carbocycles. The number of rotatable bonds is 5. The number of likely N-dealkylation sites (N-methyl/N-ethyl adjacent to an activating group) is 1. The molecule has 3 rings (SSSR count). The van der Waals surface area contributed by atoms with Crippen LogP contribution in [0.4, 0.5) is 5.69 Å². The highest BCUT2D eigenvalue weighted by molar-refractivity contribution is 7.90. The number of para-hydroxylation sites is 1. The monoisotopic (exact) mass is 414 g/mol. The van der Waals surface area contributed by atoms with Crippen molar-refractivity contribution in [2.45, 2.75) is 30.6 Å². The minimum atomic E-state index is -3.52. The van der Waals surface area contributed by atoms with Crippen LogP contribution in [-0.2, 0) is 19.4 Å². The lowest BCUT2D eigenvalue weighted by molar-refractivity contribution is -0.135. The summed E-state index contributed by atoms with van der Waals surface area (Å²) < 4.78 is 24.1. The molecule has 0 saturated carbocycles. The van der Waals surface area contributed by atoms with Gasteiger partial charge in [-0.3, -0.25) is 9.59 Å². The Morgan fingerprint density at radius 1 is 1.14 bits per heavy atom. The molecule has 0 unspecified atom stereocenters. The number of hydrogen-bond donors (Lipinski definition) is 1. The second-order valence-corrected chi connectivity index (χ2v) is 9.87. The van der Waals surface area contributed by atoms with Gasteiger partial charge < -0.3 is 10.2 Å². The molecular weight excluding hydrogens is 388 g/mol.